The van der Waals surface area contributed by atoms with Crippen LogP contribution >= 0.6 is 24.2 Å². The van der Waals surface area contributed by atoms with Crippen LogP contribution in [0, 0.1) is 0 Å². The molecule has 0 aliphatic rings. The molecule has 0 saturated carbocycles. The lowest BCUT2D eigenvalue weighted by Gasteiger charge is -2.13. The minimum Gasteiger partial charge on any atom is -0.480 e. The second-order valence-electron chi connectivity index (χ2n) is 6.42. The number of carboxylic acid groups (broad SMARTS) is 1. The van der Waals surface area contributed by atoms with E-state index < -0.39 is 17.6 Å². The van der Waals surface area contributed by atoms with E-state index in [1.54, 1.807) is 22.7 Å². The number of rotatable bonds is 5. The fourth-order valence-electron chi connectivity index (χ4n) is 3.30. The summed E-state index contributed by atoms with van der Waals surface area (Å²) in [5.41, 5.74) is 2.97. The standard InChI is InChI=1S/C19H16ClN5O3S/c1-2-12-15(10-3-5-11(20)6-4-10)17-22-21-16-13(25(17)23-12)7-8-24(18(16)26)14(9-29)19(27)28/h3-8,14,29H,2,9H2,1H3,(H,27,28)/t14-/m1/s1. The van der Waals surface area contributed by atoms with Crippen LogP contribution in [0.15, 0.2) is 41.3 Å². The normalized spacial score (nSPS) is 12.5. The maximum atomic E-state index is 12.9. The number of hydrogen-bond donors (Lipinski definition) is 2. The first-order valence-corrected chi connectivity index (χ1v) is 9.86. The van der Waals surface area contributed by atoms with E-state index in [2.05, 4.69) is 27.9 Å². The number of thiol groups is 1. The van der Waals surface area contributed by atoms with Gasteiger partial charge in [0.2, 0.25) is 0 Å². The molecule has 0 fully saturated rings. The molecule has 10 heteroatoms. The number of nitrogens with zero attached hydrogens (tertiary/aromatic N) is 5. The van der Waals surface area contributed by atoms with Crippen molar-refractivity contribution >= 4 is 46.9 Å². The minimum absolute atomic E-state index is 0.0289. The van der Waals surface area contributed by atoms with E-state index in [0.717, 1.165) is 21.4 Å². The highest BCUT2D eigenvalue weighted by Gasteiger charge is 2.23. The fourth-order valence-corrected chi connectivity index (χ4v) is 3.75. The number of hydrogen-bond acceptors (Lipinski definition) is 6. The van der Waals surface area contributed by atoms with E-state index in [1.165, 1.54) is 6.20 Å². The lowest BCUT2D eigenvalue weighted by Crippen LogP contribution is -2.31. The van der Waals surface area contributed by atoms with Crippen molar-refractivity contribution in [3.63, 3.8) is 0 Å². The molecule has 1 atom stereocenters. The molecule has 148 valence electrons. The molecule has 1 aromatic carbocycles. The molecule has 4 rings (SSSR count). The Labute approximate surface area is 175 Å². The van der Waals surface area contributed by atoms with Crippen molar-refractivity contribution < 1.29 is 9.90 Å². The first kappa shape index (κ1) is 19.4. The Morgan fingerprint density at radius 1 is 1.24 bits per heavy atom. The van der Waals surface area contributed by atoms with Crippen LogP contribution in [-0.4, -0.2) is 41.2 Å². The van der Waals surface area contributed by atoms with Gasteiger partial charge in [0.25, 0.3) is 5.56 Å². The predicted octanol–water partition coefficient (Wildman–Crippen LogP) is 2.88. The number of aliphatic carboxylic acids is 1. The molecule has 29 heavy (non-hydrogen) atoms. The van der Waals surface area contributed by atoms with Gasteiger partial charge in [-0.1, -0.05) is 30.7 Å². The molecule has 0 saturated heterocycles. The highest BCUT2D eigenvalue weighted by Crippen LogP contribution is 2.29. The van der Waals surface area contributed by atoms with Gasteiger partial charge >= 0.3 is 5.97 Å². The number of aryl methyl sites for hydroxylation is 1. The summed E-state index contributed by atoms with van der Waals surface area (Å²) >= 11 is 10.0. The topological polar surface area (TPSA) is 102 Å². The minimum atomic E-state index is -1.15. The molecule has 3 heterocycles. The molecule has 0 bridgehead atoms. The summed E-state index contributed by atoms with van der Waals surface area (Å²) in [6.07, 6.45) is 2.08. The molecule has 1 N–H and O–H groups in total. The zero-order chi connectivity index (χ0) is 20.7. The van der Waals surface area contributed by atoms with Crippen LogP contribution in [0.5, 0.6) is 0 Å². The molecule has 4 aromatic rings. The average Bonchev–Trinajstić information content (AvgIpc) is 3.09. The molecular formula is C19H16ClN5O3S. The summed E-state index contributed by atoms with van der Waals surface area (Å²) in [6, 6.07) is 7.86. The van der Waals surface area contributed by atoms with E-state index in [9.17, 15) is 14.7 Å². The smallest absolute Gasteiger partial charge is 0.327 e. The third-order valence-electron chi connectivity index (χ3n) is 4.74. The van der Waals surface area contributed by atoms with Crippen LogP contribution in [0.1, 0.15) is 18.7 Å². The number of pyridine rings is 1. The van der Waals surface area contributed by atoms with Gasteiger partial charge in [-0.25, -0.2) is 9.31 Å². The van der Waals surface area contributed by atoms with Crippen LogP contribution in [0.2, 0.25) is 5.02 Å². The van der Waals surface area contributed by atoms with Crippen molar-refractivity contribution in [1.29, 1.82) is 0 Å². The molecule has 0 amide bonds. The lowest BCUT2D eigenvalue weighted by molar-refractivity contribution is -0.140. The van der Waals surface area contributed by atoms with Crippen molar-refractivity contribution in [2.24, 2.45) is 0 Å². The van der Waals surface area contributed by atoms with E-state index in [4.69, 9.17) is 11.6 Å². The largest absolute Gasteiger partial charge is 0.480 e. The van der Waals surface area contributed by atoms with E-state index in [-0.39, 0.29) is 11.3 Å². The molecule has 0 aliphatic heterocycles. The second-order valence-corrected chi connectivity index (χ2v) is 7.22. The van der Waals surface area contributed by atoms with Crippen LogP contribution < -0.4 is 5.56 Å². The molecule has 8 nitrogen and oxygen atoms in total. The van der Waals surface area contributed by atoms with Crippen molar-refractivity contribution in [2.75, 3.05) is 5.75 Å². The first-order chi connectivity index (χ1) is 14.0. The van der Waals surface area contributed by atoms with E-state index in [1.807, 2.05) is 19.1 Å². The van der Waals surface area contributed by atoms with Crippen LogP contribution in [0.3, 0.4) is 0 Å². The highest BCUT2D eigenvalue weighted by molar-refractivity contribution is 7.80. The maximum absolute atomic E-state index is 12.9. The number of aromatic nitrogens is 5. The van der Waals surface area contributed by atoms with E-state index in [0.29, 0.717) is 22.6 Å². The molecule has 0 radical (unpaired) electrons. The zero-order valence-electron chi connectivity index (χ0n) is 15.3. The molecule has 0 unspecified atom stereocenters. The summed E-state index contributed by atoms with van der Waals surface area (Å²) in [7, 11) is 0. The van der Waals surface area contributed by atoms with Gasteiger partial charge in [0, 0.05) is 17.0 Å². The van der Waals surface area contributed by atoms with Crippen molar-refractivity contribution in [3.05, 3.63) is 57.6 Å². The number of halogens is 1. The third kappa shape index (κ3) is 3.16. The predicted molar refractivity (Wildman–Crippen MR) is 113 cm³/mol. The van der Waals surface area contributed by atoms with Gasteiger partial charge in [0.1, 0.15) is 11.6 Å². The van der Waals surface area contributed by atoms with Crippen LogP contribution in [-0.2, 0) is 11.2 Å². The summed E-state index contributed by atoms with van der Waals surface area (Å²) in [4.78, 5) is 24.3. The van der Waals surface area contributed by atoms with Crippen molar-refractivity contribution in [1.82, 2.24) is 24.4 Å². The maximum Gasteiger partial charge on any atom is 0.327 e. The zero-order valence-corrected chi connectivity index (χ0v) is 16.9. The quantitative estimate of drug-likeness (QED) is 0.473. The van der Waals surface area contributed by atoms with Crippen molar-refractivity contribution in [3.8, 4) is 11.1 Å². The highest BCUT2D eigenvalue weighted by atomic mass is 35.5. The monoisotopic (exact) mass is 429 g/mol. The SMILES string of the molecule is CCc1nn2c(nnc3c(=O)n([C@H](CS)C(=O)O)ccc32)c1-c1ccc(Cl)cc1. The molecule has 0 spiro atoms. The fraction of sp³-hybridized carbons (Fsp3) is 0.211. The van der Waals surface area contributed by atoms with Gasteiger partial charge in [-0.05, 0) is 30.2 Å². The third-order valence-corrected chi connectivity index (χ3v) is 5.34. The average molecular weight is 430 g/mol. The van der Waals surface area contributed by atoms with Gasteiger partial charge < -0.3 is 5.11 Å². The van der Waals surface area contributed by atoms with Gasteiger partial charge in [-0.3, -0.25) is 9.36 Å². The van der Waals surface area contributed by atoms with Gasteiger partial charge in [0.15, 0.2) is 11.2 Å². The Kier molecular flexibility index (Phi) is 5.01. The van der Waals surface area contributed by atoms with Gasteiger partial charge in [0.05, 0.1) is 11.3 Å². The Morgan fingerprint density at radius 2 is 1.97 bits per heavy atom. The summed E-state index contributed by atoms with van der Waals surface area (Å²) < 4.78 is 2.68. The van der Waals surface area contributed by atoms with Gasteiger partial charge in [-0.2, -0.15) is 17.7 Å². The molecular weight excluding hydrogens is 414 g/mol. The Hall–Kier alpha value is -2.91. The molecule has 0 aliphatic carbocycles. The van der Waals surface area contributed by atoms with E-state index >= 15 is 0 Å². The number of benzene rings is 1. The number of carboxylic acids is 1. The lowest BCUT2D eigenvalue weighted by atomic mass is 10.0. The molecule has 3 aromatic heterocycles. The number of fused-ring (bicyclic) bond motifs is 3. The summed E-state index contributed by atoms with van der Waals surface area (Å²) in [6.45, 7) is 1.98. The Balaban J connectivity index is 2.00. The second kappa shape index (κ2) is 7.49. The Bertz CT molecular complexity index is 1300. The van der Waals surface area contributed by atoms with Crippen LogP contribution in [0.25, 0.3) is 27.8 Å². The summed E-state index contributed by atoms with van der Waals surface area (Å²) in [5, 5.41) is 22.9. The van der Waals surface area contributed by atoms with Crippen molar-refractivity contribution in [2.45, 2.75) is 19.4 Å². The van der Waals surface area contributed by atoms with Gasteiger partial charge in [-0.15, -0.1) is 10.2 Å². The van der Waals surface area contributed by atoms with Crippen LogP contribution in [0.4, 0.5) is 0 Å². The summed E-state index contributed by atoms with van der Waals surface area (Å²) in [5.74, 6) is -1.17. The first-order valence-electron chi connectivity index (χ1n) is 8.85. The Morgan fingerprint density at radius 3 is 2.59 bits per heavy atom. The number of carbonyl (C=O) groups is 1.